The van der Waals surface area contributed by atoms with Gasteiger partial charge in [-0.2, -0.15) is 0 Å². The summed E-state index contributed by atoms with van der Waals surface area (Å²) in [6.07, 6.45) is -8.04. The maximum atomic E-state index is 15.1. The molecular weight excluding hydrogens is 486 g/mol. The van der Waals surface area contributed by atoms with Gasteiger partial charge in [0.05, 0.1) is 0 Å². The van der Waals surface area contributed by atoms with E-state index < -0.39 is 75.1 Å². The number of hydrogen-bond donors (Lipinski definition) is 1. The molecule has 0 amide bonds. The summed E-state index contributed by atoms with van der Waals surface area (Å²) < 4.78 is 59.0. The van der Waals surface area contributed by atoms with Crippen LogP contribution in [0.5, 0.6) is 0 Å². The molecule has 1 aliphatic heterocycles. The quantitative estimate of drug-likeness (QED) is 0.272. The molecule has 0 aromatic carbocycles. The van der Waals surface area contributed by atoms with Crippen LogP contribution in [0, 0.1) is 0 Å². The summed E-state index contributed by atoms with van der Waals surface area (Å²) in [5, 5.41) is 0. The zero-order valence-corrected chi connectivity index (χ0v) is 19.5. The predicted molar refractivity (Wildman–Crippen MR) is 105 cm³/mol. The Hall–Kier alpha value is -2.87. The van der Waals surface area contributed by atoms with E-state index >= 15 is 4.39 Å². The molecule has 2 rings (SSSR count). The molecule has 14 nitrogen and oxygen atoms in total. The van der Waals surface area contributed by atoms with Gasteiger partial charge in [0.25, 0.3) is 0 Å². The molecule has 0 spiro atoms. The molecule has 2 unspecified atom stereocenters. The van der Waals surface area contributed by atoms with E-state index in [1.807, 2.05) is 0 Å². The Morgan fingerprint density at radius 2 is 1.59 bits per heavy atom. The highest BCUT2D eigenvalue weighted by molar-refractivity contribution is 7.51. The Balaban J connectivity index is 2.51. The lowest BCUT2D eigenvalue weighted by Crippen LogP contribution is -2.64. The number of halogens is 1. The molecule has 0 aliphatic carbocycles. The van der Waals surface area contributed by atoms with E-state index in [0.29, 0.717) is 4.34 Å². The van der Waals surface area contributed by atoms with Crippen molar-refractivity contribution in [3.05, 3.63) is 18.7 Å². The standard InChI is InChI=1S/C18H24FN2O12P/c1-9(22)28-7-13(19)14-15(29-10(2)23)16(30-11(3)24)17(31-12(4)25)18(32-14)33-34(26,27)21-6-5-20-8-21/h5-6,8,13-18H,7H2,1-4H3,(H,26,27)/t13?,14-,15-,16+,17+,18+/m1/s1. The van der Waals surface area contributed by atoms with Crippen molar-refractivity contribution in [2.45, 2.75) is 64.6 Å². The van der Waals surface area contributed by atoms with Crippen molar-refractivity contribution in [3.8, 4) is 0 Å². The maximum absolute atomic E-state index is 15.1. The Morgan fingerprint density at radius 1 is 1.03 bits per heavy atom. The summed E-state index contributed by atoms with van der Waals surface area (Å²) in [6.45, 7) is 3.08. The van der Waals surface area contributed by atoms with Gasteiger partial charge in [0.2, 0.25) is 6.29 Å². The molecule has 1 aromatic heterocycles. The molecule has 16 heteroatoms. The van der Waals surface area contributed by atoms with E-state index in [1.54, 1.807) is 0 Å². The minimum atomic E-state index is -4.76. The zero-order chi connectivity index (χ0) is 25.6. The highest BCUT2D eigenvalue weighted by Gasteiger charge is 2.56. The third kappa shape index (κ3) is 7.32. The molecule has 7 atom stereocenters. The second-order valence-corrected chi connectivity index (χ2v) is 8.70. The SMILES string of the molecule is CC(=O)OCC(F)[C@H]1O[C@@H](OP(=O)(O)n2ccnc2)[C@@H](OC(C)=O)[C@@H](OC(C)=O)[C@@H]1OC(C)=O. The number of nitrogens with zero attached hydrogens (tertiary/aromatic N) is 2. The van der Waals surface area contributed by atoms with Gasteiger partial charge in [0, 0.05) is 40.1 Å². The van der Waals surface area contributed by atoms with E-state index in [4.69, 9.17) is 23.5 Å². The Bertz CT molecular complexity index is 941. The van der Waals surface area contributed by atoms with Gasteiger partial charge in [-0.1, -0.05) is 0 Å². The minimum absolute atomic E-state index is 0.682. The van der Waals surface area contributed by atoms with E-state index in [0.717, 1.165) is 40.2 Å². The van der Waals surface area contributed by atoms with Crippen LogP contribution in [0.15, 0.2) is 18.7 Å². The van der Waals surface area contributed by atoms with Crippen LogP contribution < -0.4 is 0 Å². The molecule has 0 radical (unpaired) electrons. The van der Waals surface area contributed by atoms with Gasteiger partial charge in [-0.25, -0.2) is 18.3 Å². The van der Waals surface area contributed by atoms with Crippen molar-refractivity contribution in [2.75, 3.05) is 6.61 Å². The van der Waals surface area contributed by atoms with E-state index in [1.165, 1.54) is 6.20 Å². The molecule has 1 aromatic rings. The van der Waals surface area contributed by atoms with Crippen LogP contribution >= 0.6 is 7.75 Å². The van der Waals surface area contributed by atoms with Crippen molar-refractivity contribution in [3.63, 3.8) is 0 Å². The minimum Gasteiger partial charge on any atom is -0.463 e. The molecule has 1 saturated heterocycles. The number of rotatable bonds is 9. The highest BCUT2D eigenvalue weighted by atomic mass is 31.2. The van der Waals surface area contributed by atoms with Crippen LogP contribution in [0.1, 0.15) is 27.7 Å². The van der Waals surface area contributed by atoms with Crippen LogP contribution in [0.3, 0.4) is 0 Å². The average molecular weight is 510 g/mol. The summed E-state index contributed by atoms with van der Waals surface area (Å²) in [5.74, 6) is -3.67. The molecule has 1 aliphatic rings. The van der Waals surface area contributed by atoms with Crippen molar-refractivity contribution >= 4 is 31.6 Å². The van der Waals surface area contributed by atoms with Crippen LogP contribution in [-0.4, -0.2) is 81.6 Å². The van der Waals surface area contributed by atoms with Gasteiger partial charge in [0.1, 0.15) is 19.0 Å². The van der Waals surface area contributed by atoms with Crippen LogP contribution in [0.25, 0.3) is 0 Å². The smallest absolute Gasteiger partial charge is 0.440 e. The monoisotopic (exact) mass is 510 g/mol. The second-order valence-electron chi connectivity index (χ2n) is 7.05. The van der Waals surface area contributed by atoms with Gasteiger partial charge in [-0.05, 0) is 0 Å². The first-order valence-electron chi connectivity index (χ1n) is 9.76. The second kappa shape index (κ2) is 11.5. The van der Waals surface area contributed by atoms with Gasteiger partial charge in [-0.3, -0.25) is 23.7 Å². The predicted octanol–water partition coefficient (Wildman–Crippen LogP) is 0.269. The fourth-order valence-electron chi connectivity index (χ4n) is 3.06. The molecular formula is C18H24FN2O12P. The lowest BCUT2D eigenvalue weighted by Gasteiger charge is -2.45. The summed E-state index contributed by atoms with van der Waals surface area (Å²) in [4.78, 5) is 60.3. The third-order valence-corrected chi connectivity index (χ3v) is 5.57. The van der Waals surface area contributed by atoms with Crippen molar-refractivity contribution in [1.29, 1.82) is 0 Å². The third-order valence-electron chi connectivity index (χ3n) is 4.26. The fraction of sp³-hybridized carbons (Fsp3) is 0.611. The van der Waals surface area contributed by atoms with Crippen molar-refractivity contribution in [1.82, 2.24) is 9.32 Å². The average Bonchev–Trinajstić information content (AvgIpc) is 3.25. The Labute approximate surface area is 192 Å². The molecule has 0 saturated carbocycles. The maximum Gasteiger partial charge on any atom is 0.440 e. The van der Waals surface area contributed by atoms with Gasteiger partial charge < -0.3 is 28.6 Å². The summed E-state index contributed by atoms with van der Waals surface area (Å²) in [5.41, 5.74) is 0. The van der Waals surface area contributed by atoms with Crippen molar-refractivity contribution in [2.24, 2.45) is 0 Å². The highest BCUT2D eigenvalue weighted by Crippen LogP contribution is 2.47. The largest absolute Gasteiger partial charge is 0.463 e. The van der Waals surface area contributed by atoms with Gasteiger partial charge >= 0.3 is 31.6 Å². The normalized spacial score (nSPS) is 27.1. The van der Waals surface area contributed by atoms with E-state index in [9.17, 15) is 28.6 Å². The first-order chi connectivity index (χ1) is 15.8. The Morgan fingerprint density at radius 3 is 2.09 bits per heavy atom. The molecule has 190 valence electrons. The number of aromatic nitrogens is 2. The number of imidazole rings is 1. The van der Waals surface area contributed by atoms with Gasteiger partial charge in [0.15, 0.2) is 24.5 Å². The molecule has 0 bridgehead atoms. The van der Waals surface area contributed by atoms with Crippen LogP contribution in [0.4, 0.5) is 4.39 Å². The number of esters is 4. The Kier molecular flexibility index (Phi) is 9.27. The number of ether oxygens (including phenoxy) is 5. The topological polar surface area (TPSA) is 179 Å². The van der Waals surface area contributed by atoms with Crippen molar-refractivity contribution < 1.29 is 61.2 Å². The van der Waals surface area contributed by atoms with Crippen LogP contribution in [-0.2, 0) is 52.0 Å². The van der Waals surface area contributed by atoms with Crippen LogP contribution in [0.2, 0.25) is 0 Å². The number of carbonyl (C=O) groups excluding carboxylic acids is 4. The molecule has 34 heavy (non-hydrogen) atoms. The summed E-state index contributed by atoms with van der Waals surface area (Å²) in [6, 6.07) is 0. The zero-order valence-electron chi connectivity index (χ0n) is 18.6. The van der Waals surface area contributed by atoms with Gasteiger partial charge in [-0.15, -0.1) is 0 Å². The molecule has 1 N–H and O–H groups in total. The van der Waals surface area contributed by atoms with E-state index in [-0.39, 0.29) is 0 Å². The lowest BCUT2D eigenvalue weighted by atomic mass is 9.95. The summed E-state index contributed by atoms with van der Waals surface area (Å²) >= 11 is 0. The number of alkyl halides is 1. The number of carbonyl (C=O) groups is 4. The number of hydrogen-bond acceptors (Lipinski definition) is 12. The van der Waals surface area contributed by atoms with E-state index in [2.05, 4.69) is 9.72 Å². The molecule has 2 heterocycles. The lowest BCUT2D eigenvalue weighted by molar-refractivity contribution is -0.295. The summed E-state index contributed by atoms with van der Waals surface area (Å²) in [7, 11) is -4.76. The molecule has 1 fully saturated rings. The fourth-order valence-corrected chi connectivity index (χ4v) is 4.03. The first-order valence-corrected chi connectivity index (χ1v) is 11.3. The first kappa shape index (κ1) is 27.4.